The molecule has 0 radical (unpaired) electrons. The first-order chi connectivity index (χ1) is 10.1. The molecule has 2 fully saturated rings. The lowest BCUT2D eigenvalue weighted by Gasteiger charge is -2.38. The summed E-state index contributed by atoms with van der Waals surface area (Å²) in [5.41, 5.74) is 6.81. The number of hydrogen-bond acceptors (Lipinski definition) is 4. The Hall–Kier alpha value is -0.880. The van der Waals surface area contributed by atoms with Crippen LogP contribution in [0.2, 0.25) is 0 Å². The third-order valence-electron chi connectivity index (χ3n) is 4.83. The summed E-state index contributed by atoms with van der Waals surface area (Å²) in [7, 11) is 0. The van der Waals surface area contributed by atoms with Crippen LogP contribution >= 0.6 is 15.9 Å². The topological polar surface area (TPSA) is 64.2 Å². The van der Waals surface area contributed by atoms with E-state index in [0.717, 1.165) is 36.1 Å². The number of nitrogens with zero attached hydrogens (tertiary/aromatic N) is 3. The van der Waals surface area contributed by atoms with Gasteiger partial charge in [-0.25, -0.2) is 4.68 Å². The predicted octanol–water partition coefficient (Wildman–Crippen LogP) is 2.12. The molecular formula is C15H23BrN4O. The van der Waals surface area contributed by atoms with Crippen LogP contribution in [0.5, 0.6) is 0 Å². The molecule has 1 aliphatic carbocycles. The van der Waals surface area contributed by atoms with Gasteiger partial charge < -0.3 is 10.6 Å². The largest absolute Gasteiger partial charge is 0.363 e. The average molecular weight is 355 g/mol. The van der Waals surface area contributed by atoms with E-state index < -0.39 is 0 Å². The normalized spacial score (nSPS) is 26.7. The van der Waals surface area contributed by atoms with Gasteiger partial charge >= 0.3 is 0 Å². The molecule has 3 rings (SSSR count). The lowest BCUT2D eigenvalue weighted by Crippen LogP contribution is -2.48. The number of rotatable bonds is 3. The number of aromatic nitrogens is 2. The Bertz CT molecular complexity index is 569. The van der Waals surface area contributed by atoms with Crippen molar-refractivity contribution in [2.24, 2.45) is 11.7 Å². The molecule has 1 saturated heterocycles. The van der Waals surface area contributed by atoms with Gasteiger partial charge in [-0.1, -0.05) is 6.42 Å². The van der Waals surface area contributed by atoms with Crippen LogP contribution < -0.4 is 16.2 Å². The molecule has 0 amide bonds. The van der Waals surface area contributed by atoms with Gasteiger partial charge in [-0.15, -0.1) is 0 Å². The number of anilines is 1. The first-order valence-corrected chi connectivity index (χ1v) is 8.63. The van der Waals surface area contributed by atoms with Crippen molar-refractivity contribution >= 4 is 21.6 Å². The van der Waals surface area contributed by atoms with Gasteiger partial charge in [0.25, 0.3) is 5.56 Å². The molecule has 0 spiro atoms. The molecule has 2 N–H and O–H groups in total. The molecule has 2 heterocycles. The third-order valence-corrected chi connectivity index (χ3v) is 5.41. The molecule has 116 valence electrons. The van der Waals surface area contributed by atoms with Crippen molar-refractivity contribution in [2.75, 3.05) is 11.4 Å². The van der Waals surface area contributed by atoms with Crippen LogP contribution in [0.3, 0.4) is 0 Å². The Morgan fingerprint density at radius 3 is 2.81 bits per heavy atom. The van der Waals surface area contributed by atoms with Crippen molar-refractivity contribution in [3.05, 3.63) is 21.0 Å². The van der Waals surface area contributed by atoms with Gasteiger partial charge in [0.2, 0.25) is 0 Å². The SMILES string of the molecule is CC1CC(N)CCN1c1c(Br)cnn(CC2CCC2)c1=O. The summed E-state index contributed by atoms with van der Waals surface area (Å²) in [4.78, 5) is 15.0. The Balaban J connectivity index is 1.89. The second-order valence-electron chi connectivity index (χ2n) is 6.45. The van der Waals surface area contributed by atoms with Crippen LogP contribution in [0.4, 0.5) is 5.69 Å². The minimum absolute atomic E-state index is 0.0265. The fraction of sp³-hybridized carbons (Fsp3) is 0.733. The molecule has 21 heavy (non-hydrogen) atoms. The average Bonchev–Trinajstić information content (AvgIpc) is 2.38. The molecule has 1 saturated carbocycles. The van der Waals surface area contributed by atoms with Gasteiger partial charge in [0.05, 0.1) is 10.7 Å². The minimum atomic E-state index is 0.0265. The summed E-state index contributed by atoms with van der Waals surface area (Å²) in [6, 6.07) is 0.534. The summed E-state index contributed by atoms with van der Waals surface area (Å²) >= 11 is 3.51. The van der Waals surface area contributed by atoms with Crippen LogP contribution in [0.25, 0.3) is 0 Å². The second-order valence-corrected chi connectivity index (χ2v) is 7.31. The van der Waals surface area contributed by atoms with Crippen molar-refractivity contribution < 1.29 is 0 Å². The van der Waals surface area contributed by atoms with Gasteiger partial charge in [0, 0.05) is 25.2 Å². The quantitative estimate of drug-likeness (QED) is 0.902. The number of piperidine rings is 1. The van der Waals surface area contributed by atoms with Gasteiger partial charge in [-0.2, -0.15) is 5.10 Å². The highest BCUT2D eigenvalue weighted by atomic mass is 79.9. The zero-order valence-electron chi connectivity index (χ0n) is 12.5. The maximum atomic E-state index is 12.8. The molecule has 6 heteroatoms. The third kappa shape index (κ3) is 3.01. The monoisotopic (exact) mass is 354 g/mol. The lowest BCUT2D eigenvalue weighted by atomic mass is 9.85. The van der Waals surface area contributed by atoms with Gasteiger partial charge in [0.1, 0.15) is 5.69 Å². The van der Waals surface area contributed by atoms with Crippen molar-refractivity contribution in [2.45, 2.75) is 57.7 Å². The molecule has 2 aliphatic rings. The Labute approximate surface area is 133 Å². The van der Waals surface area contributed by atoms with E-state index in [4.69, 9.17) is 5.73 Å². The number of hydrogen-bond donors (Lipinski definition) is 1. The van der Waals surface area contributed by atoms with Crippen LogP contribution in [-0.2, 0) is 6.54 Å². The smallest absolute Gasteiger partial charge is 0.291 e. The van der Waals surface area contributed by atoms with E-state index in [1.54, 1.807) is 10.9 Å². The molecule has 1 aromatic heterocycles. The zero-order valence-corrected chi connectivity index (χ0v) is 14.1. The van der Waals surface area contributed by atoms with Gasteiger partial charge in [0.15, 0.2) is 0 Å². The summed E-state index contributed by atoms with van der Waals surface area (Å²) < 4.78 is 2.44. The highest BCUT2D eigenvalue weighted by Crippen LogP contribution is 2.29. The maximum Gasteiger partial charge on any atom is 0.291 e. The molecule has 1 aromatic rings. The number of halogens is 1. The molecule has 1 aliphatic heterocycles. The highest BCUT2D eigenvalue weighted by Gasteiger charge is 2.28. The Kier molecular flexibility index (Phi) is 4.36. The van der Waals surface area contributed by atoms with Crippen molar-refractivity contribution in [3.63, 3.8) is 0 Å². The summed E-state index contributed by atoms with van der Waals surface area (Å²) in [5, 5.41) is 4.30. The van der Waals surface area contributed by atoms with E-state index >= 15 is 0 Å². The summed E-state index contributed by atoms with van der Waals surface area (Å²) in [5.74, 6) is 0.622. The fourth-order valence-electron chi connectivity index (χ4n) is 3.31. The summed E-state index contributed by atoms with van der Waals surface area (Å²) in [6.45, 7) is 3.73. The van der Waals surface area contributed by atoms with E-state index in [1.807, 2.05) is 0 Å². The van der Waals surface area contributed by atoms with E-state index in [2.05, 4.69) is 32.9 Å². The van der Waals surface area contributed by atoms with Crippen LogP contribution in [0.15, 0.2) is 15.5 Å². The lowest BCUT2D eigenvalue weighted by molar-refractivity contribution is 0.261. The molecule has 2 atom stereocenters. The minimum Gasteiger partial charge on any atom is -0.363 e. The highest BCUT2D eigenvalue weighted by molar-refractivity contribution is 9.10. The summed E-state index contributed by atoms with van der Waals surface area (Å²) in [6.07, 6.45) is 7.33. The first-order valence-electron chi connectivity index (χ1n) is 7.84. The van der Waals surface area contributed by atoms with E-state index in [1.165, 1.54) is 19.3 Å². The predicted molar refractivity (Wildman–Crippen MR) is 87.6 cm³/mol. The molecular weight excluding hydrogens is 332 g/mol. The fourth-order valence-corrected chi connectivity index (χ4v) is 3.80. The zero-order chi connectivity index (χ0) is 15.0. The molecule has 2 unspecified atom stereocenters. The van der Waals surface area contributed by atoms with Crippen LogP contribution in [0, 0.1) is 5.92 Å². The molecule has 5 nitrogen and oxygen atoms in total. The van der Waals surface area contributed by atoms with Gasteiger partial charge in [-0.05, 0) is 54.5 Å². The van der Waals surface area contributed by atoms with E-state index in [-0.39, 0.29) is 17.6 Å². The number of nitrogens with two attached hydrogens (primary N) is 1. The van der Waals surface area contributed by atoms with Crippen molar-refractivity contribution in [3.8, 4) is 0 Å². The van der Waals surface area contributed by atoms with Crippen LogP contribution in [0.1, 0.15) is 39.0 Å². The maximum absolute atomic E-state index is 12.8. The molecule has 0 aromatic carbocycles. The van der Waals surface area contributed by atoms with E-state index in [9.17, 15) is 4.79 Å². The Morgan fingerprint density at radius 2 is 2.19 bits per heavy atom. The first kappa shape index (κ1) is 15.0. The van der Waals surface area contributed by atoms with Crippen molar-refractivity contribution in [1.82, 2.24) is 9.78 Å². The second kappa shape index (κ2) is 6.08. The molecule has 0 bridgehead atoms. The standard InChI is InChI=1S/C15H23BrN4O/c1-10-7-12(17)5-6-19(10)14-13(16)8-18-20(15(14)21)9-11-3-2-4-11/h8,10-12H,2-7,9,17H2,1H3. The van der Waals surface area contributed by atoms with Crippen molar-refractivity contribution in [1.29, 1.82) is 0 Å². The Morgan fingerprint density at radius 1 is 1.43 bits per heavy atom. The van der Waals surface area contributed by atoms with Crippen LogP contribution in [-0.4, -0.2) is 28.4 Å². The van der Waals surface area contributed by atoms with Gasteiger partial charge in [-0.3, -0.25) is 4.79 Å². The van der Waals surface area contributed by atoms with E-state index in [0.29, 0.717) is 5.92 Å².